The molecule has 3 aromatic heterocycles. The number of halogens is 1. The van der Waals surface area contributed by atoms with Crippen molar-refractivity contribution in [2.75, 3.05) is 5.43 Å². The molecule has 0 saturated carbocycles. The fourth-order valence-electron chi connectivity index (χ4n) is 1.68. The number of aromatic nitrogens is 3. The molecule has 0 radical (unpaired) electrons. The highest BCUT2D eigenvalue weighted by atomic mass is 35.5. The second kappa shape index (κ2) is 5.92. The highest BCUT2D eigenvalue weighted by molar-refractivity contribution is 7.98. The summed E-state index contributed by atoms with van der Waals surface area (Å²) in [5, 5.41) is 4.30. The van der Waals surface area contributed by atoms with Crippen LogP contribution in [0.1, 0.15) is 5.82 Å². The van der Waals surface area contributed by atoms with Gasteiger partial charge >= 0.3 is 0 Å². The number of thioether (sulfide) groups is 1. The van der Waals surface area contributed by atoms with Crippen LogP contribution in [0.5, 0.6) is 0 Å². The maximum absolute atomic E-state index is 6.07. The fraction of sp³-hybridized carbons (Fsp3) is 0.0833. The van der Waals surface area contributed by atoms with Gasteiger partial charge in [0.15, 0.2) is 5.82 Å². The molecule has 0 aliphatic rings. The quantitative estimate of drug-likeness (QED) is 0.436. The molecule has 0 aromatic carbocycles. The molecular weight excluding hydrogens is 314 g/mol. The van der Waals surface area contributed by atoms with Crippen LogP contribution in [0.2, 0.25) is 5.02 Å². The fourth-order valence-corrected chi connectivity index (χ4v) is 3.49. The lowest BCUT2D eigenvalue weighted by molar-refractivity contribution is 1.06. The summed E-state index contributed by atoms with van der Waals surface area (Å²) in [6.45, 7) is 0. The van der Waals surface area contributed by atoms with Crippen LogP contribution in [-0.4, -0.2) is 15.0 Å². The molecule has 0 saturated heterocycles. The van der Waals surface area contributed by atoms with Crippen molar-refractivity contribution in [3.63, 3.8) is 0 Å². The molecule has 3 heterocycles. The summed E-state index contributed by atoms with van der Waals surface area (Å²) >= 11 is 9.13. The average Bonchev–Trinajstić information content (AvgIpc) is 2.94. The number of hydrogen-bond acceptors (Lipinski definition) is 7. The second-order valence-corrected chi connectivity index (χ2v) is 6.12. The highest BCUT2D eigenvalue weighted by Gasteiger charge is 2.09. The number of nitrogen functional groups attached to an aromatic ring is 1. The Morgan fingerprint density at radius 3 is 3.05 bits per heavy atom. The number of nitrogens with two attached hydrogens (primary N) is 1. The van der Waals surface area contributed by atoms with Crippen molar-refractivity contribution in [2.45, 2.75) is 10.8 Å². The zero-order chi connectivity index (χ0) is 13.9. The minimum absolute atomic E-state index is 0.583. The Morgan fingerprint density at radius 2 is 2.25 bits per heavy atom. The smallest absolute Gasteiger partial charge is 0.152 e. The third-order valence-corrected chi connectivity index (χ3v) is 4.80. The molecule has 0 atom stereocenters. The third kappa shape index (κ3) is 2.71. The number of pyridine rings is 1. The third-order valence-electron chi connectivity index (χ3n) is 2.57. The van der Waals surface area contributed by atoms with Crippen LogP contribution in [0.4, 0.5) is 5.82 Å². The molecular formula is C12H10ClN5S2. The summed E-state index contributed by atoms with van der Waals surface area (Å²) in [6, 6.07) is 5.56. The van der Waals surface area contributed by atoms with Gasteiger partial charge in [0.2, 0.25) is 0 Å². The maximum Gasteiger partial charge on any atom is 0.152 e. The van der Waals surface area contributed by atoms with E-state index in [4.69, 9.17) is 17.4 Å². The summed E-state index contributed by atoms with van der Waals surface area (Å²) in [7, 11) is 0. The van der Waals surface area contributed by atoms with E-state index >= 15 is 0 Å². The van der Waals surface area contributed by atoms with Crippen molar-refractivity contribution in [1.29, 1.82) is 0 Å². The Morgan fingerprint density at radius 1 is 1.35 bits per heavy atom. The van der Waals surface area contributed by atoms with Crippen molar-refractivity contribution in [3.8, 4) is 0 Å². The Bertz CT molecular complexity index is 746. The SMILES string of the molecule is NNc1nc(CSc2ncccc2Cl)nc2sccc12. The van der Waals surface area contributed by atoms with E-state index in [2.05, 4.69) is 20.4 Å². The predicted octanol–water partition coefficient (Wildman–Crippen LogP) is 3.32. The predicted molar refractivity (Wildman–Crippen MR) is 84.0 cm³/mol. The zero-order valence-corrected chi connectivity index (χ0v) is 12.6. The van der Waals surface area contributed by atoms with Crippen LogP contribution in [0.25, 0.3) is 10.2 Å². The first kappa shape index (κ1) is 13.6. The van der Waals surface area contributed by atoms with Gasteiger partial charge in [0.25, 0.3) is 0 Å². The van der Waals surface area contributed by atoms with Crippen LogP contribution in [0, 0.1) is 0 Å². The number of anilines is 1. The summed E-state index contributed by atoms with van der Waals surface area (Å²) in [6.07, 6.45) is 1.71. The number of fused-ring (bicyclic) bond motifs is 1. The van der Waals surface area contributed by atoms with E-state index in [-0.39, 0.29) is 0 Å². The van der Waals surface area contributed by atoms with Crippen LogP contribution < -0.4 is 11.3 Å². The number of rotatable bonds is 4. The normalized spacial score (nSPS) is 10.9. The minimum atomic E-state index is 0.583. The van der Waals surface area contributed by atoms with Crippen LogP contribution in [-0.2, 0) is 5.75 Å². The lowest BCUT2D eigenvalue weighted by atomic mass is 10.4. The summed E-state index contributed by atoms with van der Waals surface area (Å²) in [4.78, 5) is 14.1. The average molecular weight is 324 g/mol. The molecule has 0 fully saturated rings. The lowest BCUT2D eigenvalue weighted by Gasteiger charge is -2.05. The van der Waals surface area contributed by atoms with E-state index < -0.39 is 0 Å². The lowest BCUT2D eigenvalue weighted by Crippen LogP contribution is -2.10. The van der Waals surface area contributed by atoms with Crippen LogP contribution in [0.3, 0.4) is 0 Å². The molecule has 0 bridgehead atoms. The van der Waals surface area contributed by atoms with E-state index in [0.29, 0.717) is 22.4 Å². The molecule has 0 unspecified atom stereocenters. The highest BCUT2D eigenvalue weighted by Crippen LogP contribution is 2.29. The van der Waals surface area contributed by atoms with Gasteiger partial charge in [-0.3, -0.25) is 0 Å². The molecule has 0 spiro atoms. The van der Waals surface area contributed by atoms with E-state index in [1.807, 2.05) is 17.5 Å². The largest absolute Gasteiger partial charge is 0.308 e. The molecule has 0 aliphatic carbocycles. The van der Waals surface area contributed by atoms with Gasteiger partial charge in [0.05, 0.1) is 16.2 Å². The first-order valence-corrected chi connectivity index (χ1v) is 7.96. The maximum atomic E-state index is 6.07. The van der Waals surface area contributed by atoms with E-state index in [1.54, 1.807) is 23.6 Å². The Kier molecular flexibility index (Phi) is 4.02. The van der Waals surface area contributed by atoms with E-state index in [9.17, 15) is 0 Å². The number of hydrazine groups is 1. The monoisotopic (exact) mass is 323 g/mol. The van der Waals surface area contributed by atoms with Crippen LogP contribution in [0.15, 0.2) is 34.8 Å². The topological polar surface area (TPSA) is 76.7 Å². The molecule has 0 aliphatic heterocycles. The van der Waals surface area contributed by atoms with E-state index in [1.165, 1.54) is 11.8 Å². The number of nitrogens with one attached hydrogen (secondary N) is 1. The molecule has 8 heteroatoms. The summed E-state index contributed by atoms with van der Waals surface area (Å²) in [5.74, 6) is 7.41. The Balaban J connectivity index is 1.86. The van der Waals surface area contributed by atoms with Crippen molar-refractivity contribution in [3.05, 3.63) is 40.6 Å². The van der Waals surface area contributed by atoms with Gasteiger partial charge in [-0.05, 0) is 23.6 Å². The van der Waals surface area contributed by atoms with Gasteiger partial charge in [-0.15, -0.1) is 11.3 Å². The molecule has 3 aromatic rings. The summed E-state index contributed by atoms with van der Waals surface area (Å²) < 4.78 is 0. The van der Waals surface area contributed by atoms with E-state index in [0.717, 1.165) is 15.2 Å². The van der Waals surface area contributed by atoms with Gasteiger partial charge in [-0.25, -0.2) is 20.8 Å². The standard InChI is InChI=1S/C12H10ClN5S2/c13-8-2-1-4-15-12(8)20-6-9-16-10(18-14)7-3-5-19-11(7)17-9/h1-5H,6,14H2,(H,16,17,18). The summed E-state index contributed by atoms with van der Waals surface area (Å²) in [5.41, 5.74) is 2.61. The number of hydrogen-bond donors (Lipinski definition) is 2. The first-order valence-electron chi connectivity index (χ1n) is 5.72. The van der Waals surface area contributed by atoms with Crippen LogP contribution >= 0.6 is 34.7 Å². The number of thiophene rings is 1. The van der Waals surface area contributed by atoms with Crippen molar-refractivity contribution >= 4 is 50.7 Å². The molecule has 3 rings (SSSR count). The van der Waals surface area contributed by atoms with Crippen molar-refractivity contribution < 1.29 is 0 Å². The Labute approximate surface area is 128 Å². The molecule has 5 nitrogen and oxygen atoms in total. The van der Waals surface area contributed by atoms with Gasteiger partial charge < -0.3 is 5.43 Å². The van der Waals surface area contributed by atoms with Gasteiger partial charge in [-0.1, -0.05) is 23.4 Å². The first-order chi connectivity index (χ1) is 9.78. The molecule has 3 N–H and O–H groups in total. The Hall–Kier alpha value is -1.41. The van der Waals surface area contributed by atoms with Crippen molar-refractivity contribution in [1.82, 2.24) is 15.0 Å². The molecule has 20 heavy (non-hydrogen) atoms. The van der Waals surface area contributed by atoms with Gasteiger partial charge in [-0.2, -0.15) is 0 Å². The minimum Gasteiger partial charge on any atom is -0.308 e. The number of nitrogens with zero attached hydrogens (tertiary/aromatic N) is 3. The van der Waals surface area contributed by atoms with Gasteiger partial charge in [0.1, 0.15) is 15.7 Å². The van der Waals surface area contributed by atoms with Gasteiger partial charge in [0, 0.05) is 6.20 Å². The molecule has 102 valence electrons. The molecule has 0 amide bonds. The van der Waals surface area contributed by atoms with Crippen molar-refractivity contribution in [2.24, 2.45) is 5.84 Å². The zero-order valence-electron chi connectivity index (χ0n) is 10.2. The second-order valence-electron chi connectivity index (χ2n) is 3.85.